The molecule has 4 bridgehead atoms. The van der Waals surface area contributed by atoms with Crippen LogP contribution in [0.25, 0.3) is 0 Å². The number of ether oxygens (including phenoxy) is 1. The molecule has 4 rings (SSSR count). The Balaban J connectivity index is 2.02. The molecule has 3 atom stereocenters. The van der Waals surface area contributed by atoms with Crippen LogP contribution in [0.3, 0.4) is 0 Å². The minimum absolute atomic E-state index is 0.0555. The van der Waals surface area contributed by atoms with Crippen molar-refractivity contribution in [1.29, 1.82) is 0 Å². The van der Waals surface area contributed by atoms with Crippen molar-refractivity contribution in [3.8, 4) is 0 Å². The topological polar surface area (TPSA) is 46.5 Å². The Bertz CT molecular complexity index is 374. The summed E-state index contributed by atoms with van der Waals surface area (Å²) in [5, 5.41) is 10.9. The first-order valence-electron chi connectivity index (χ1n) is 7.44. The summed E-state index contributed by atoms with van der Waals surface area (Å²) in [4.78, 5) is 12.0. The fraction of sp³-hybridized carbons (Fsp3) is 0.938. The van der Waals surface area contributed by atoms with Crippen molar-refractivity contribution < 1.29 is 14.6 Å². The lowest BCUT2D eigenvalue weighted by Crippen LogP contribution is -2.64. The fourth-order valence-electron chi connectivity index (χ4n) is 6.61. The molecule has 0 saturated heterocycles. The lowest BCUT2D eigenvalue weighted by atomic mass is 9.37. The molecular formula is C16H26O3. The van der Waals surface area contributed by atoms with E-state index in [1.165, 1.54) is 13.5 Å². The molecule has 4 saturated carbocycles. The summed E-state index contributed by atoms with van der Waals surface area (Å²) in [6.07, 6.45) is 5.91. The predicted octanol–water partition coefficient (Wildman–Crippen LogP) is 2.91. The Kier molecular flexibility index (Phi) is 2.50. The molecule has 0 aromatic carbocycles. The molecule has 19 heavy (non-hydrogen) atoms. The van der Waals surface area contributed by atoms with Crippen molar-refractivity contribution >= 4 is 5.97 Å². The maximum atomic E-state index is 12.0. The lowest BCUT2D eigenvalue weighted by Gasteiger charge is -2.69. The Morgan fingerprint density at radius 1 is 1.05 bits per heavy atom. The molecule has 4 fully saturated rings. The number of carbonyl (C=O) groups is 1. The molecule has 4 aliphatic rings. The van der Waals surface area contributed by atoms with Crippen molar-refractivity contribution in [2.24, 2.45) is 22.2 Å². The van der Waals surface area contributed by atoms with Gasteiger partial charge in [0.05, 0.1) is 18.6 Å². The molecule has 3 nitrogen and oxygen atoms in total. The van der Waals surface area contributed by atoms with Gasteiger partial charge in [0, 0.05) is 0 Å². The largest absolute Gasteiger partial charge is 0.469 e. The Hall–Kier alpha value is -0.570. The highest BCUT2D eigenvalue weighted by Gasteiger charge is 2.67. The number of aliphatic hydroxyl groups is 1. The van der Waals surface area contributed by atoms with Gasteiger partial charge in [-0.2, -0.15) is 0 Å². The maximum Gasteiger partial charge on any atom is 0.308 e. The summed E-state index contributed by atoms with van der Waals surface area (Å²) in [5.74, 6) is -0.221. The Morgan fingerprint density at radius 2 is 1.58 bits per heavy atom. The van der Waals surface area contributed by atoms with Crippen LogP contribution in [0.4, 0.5) is 0 Å². The summed E-state index contributed by atoms with van der Waals surface area (Å²) in [5.41, 5.74) is -0.221. The van der Waals surface area contributed by atoms with Gasteiger partial charge in [-0.1, -0.05) is 20.8 Å². The normalized spacial score (nSPS) is 53.1. The van der Waals surface area contributed by atoms with Crippen LogP contribution in [0, 0.1) is 22.2 Å². The summed E-state index contributed by atoms with van der Waals surface area (Å²) in [7, 11) is 1.47. The average molecular weight is 266 g/mol. The Labute approximate surface area is 115 Å². The van der Waals surface area contributed by atoms with Gasteiger partial charge in [0.25, 0.3) is 0 Å². The Morgan fingerprint density at radius 3 is 2.00 bits per heavy atom. The zero-order valence-electron chi connectivity index (χ0n) is 12.6. The van der Waals surface area contributed by atoms with E-state index in [1.54, 1.807) is 0 Å². The number of hydrogen-bond acceptors (Lipinski definition) is 3. The second-order valence-corrected chi connectivity index (χ2v) is 8.51. The number of carbonyl (C=O) groups excluding carboxylic acids is 1. The van der Waals surface area contributed by atoms with Gasteiger partial charge in [-0.15, -0.1) is 0 Å². The van der Waals surface area contributed by atoms with E-state index in [-0.39, 0.29) is 28.1 Å². The van der Waals surface area contributed by atoms with Crippen LogP contribution >= 0.6 is 0 Å². The molecular weight excluding hydrogens is 240 g/mol. The molecule has 0 aromatic heterocycles. The van der Waals surface area contributed by atoms with Gasteiger partial charge < -0.3 is 9.84 Å². The molecule has 0 amide bonds. The summed E-state index contributed by atoms with van der Waals surface area (Å²) in [6.45, 7) is 6.59. The first-order chi connectivity index (χ1) is 8.63. The van der Waals surface area contributed by atoms with Gasteiger partial charge in [0.1, 0.15) is 0 Å². The number of esters is 1. The second kappa shape index (κ2) is 3.55. The highest BCUT2D eigenvalue weighted by atomic mass is 16.5. The van der Waals surface area contributed by atoms with Crippen molar-refractivity contribution in [2.45, 2.75) is 64.9 Å². The molecule has 0 aromatic rings. The van der Waals surface area contributed by atoms with Crippen LogP contribution in [-0.4, -0.2) is 23.8 Å². The highest BCUT2D eigenvalue weighted by Crippen LogP contribution is 2.72. The maximum absolute atomic E-state index is 12.0. The molecule has 2 unspecified atom stereocenters. The van der Waals surface area contributed by atoms with Crippen LogP contribution in [0.5, 0.6) is 0 Å². The number of methoxy groups -OCH3 is 1. The average Bonchev–Trinajstić information content (AvgIpc) is 2.20. The molecule has 108 valence electrons. The van der Waals surface area contributed by atoms with Crippen LogP contribution in [0.2, 0.25) is 0 Å². The molecule has 0 aliphatic heterocycles. The lowest BCUT2D eigenvalue weighted by molar-refractivity contribution is -0.239. The molecule has 1 N–H and O–H groups in total. The molecule has 0 spiro atoms. The predicted molar refractivity (Wildman–Crippen MR) is 72.5 cm³/mol. The van der Waals surface area contributed by atoms with Crippen molar-refractivity contribution in [2.75, 3.05) is 7.11 Å². The van der Waals surface area contributed by atoms with Gasteiger partial charge in [-0.3, -0.25) is 4.79 Å². The third kappa shape index (κ3) is 1.84. The third-order valence-electron chi connectivity index (χ3n) is 6.08. The van der Waals surface area contributed by atoms with E-state index >= 15 is 0 Å². The minimum Gasteiger partial charge on any atom is -0.469 e. The van der Waals surface area contributed by atoms with Crippen LogP contribution in [-0.2, 0) is 9.53 Å². The SMILES string of the molecule is COC(=O)[C@@H](C)C12CC3(C)CC(C)(CC(O)(C3)C1)C2. The number of hydrogen-bond donors (Lipinski definition) is 1. The van der Waals surface area contributed by atoms with E-state index in [1.807, 2.05) is 6.92 Å². The van der Waals surface area contributed by atoms with Crippen LogP contribution < -0.4 is 0 Å². The van der Waals surface area contributed by atoms with Gasteiger partial charge in [0.15, 0.2) is 0 Å². The van der Waals surface area contributed by atoms with Gasteiger partial charge in [0.2, 0.25) is 0 Å². The zero-order valence-corrected chi connectivity index (χ0v) is 12.6. The van der Waals surface area contributed by atoms with Crippen molar-refractivity contribution in [1.82, 2.24) is 0 Å². The minimum atomic E-state index is -0.555. The third-order valence-corrected chi connectivity index (χ3v) is 6.08. The zero-order chi connectivity index (χ0) is 14.1. The van der Waals surface area contributed by atoms with E-state index in [9.17, 15) is 9.90 Å². The quantitative estimate of drug-likeness (QED) is 0.782. The standard InChI is InChI=1S/C16H26O3/c1-11(12(17)19-4)15-6-13(2)5-14(3,7-15)9-16(18,8-13)10-15/h11,18H,5-10H2,1-4H3/t11-,13?,14?,15?,16?/m1/s1. The van der Waals surface area contributed by atoms with E-state index in [0.29, 0.717) is 0 Å². The molecule has 4 aliphatic carbocycles. The van der Waals surface area contributed by atoms with Crippen LogP contribution in [0.15, 0.2) is 0 Å². The van der Waals surface area contributed by atoms with Gasteiger partial charge >= 0.3 is 5.97 Å². The second-order valence-electron chi connectivity index (χ2n) is 8.51. The monoisotopic (exact) mass is 266 g/mol. The summed E-state index contributed by atoms with van der Waals surface area (Å²) < 4.78 is 4.98. The highest BCUT2D eigenvalue weighted by molar-refractivity contribution is 5.73. The van der Waals surface area contributed by atoms with E-state index in [4.69, 9.17) is 4.74 Å². The first-order valence-corrected chi connectivity index (χ1v) is 7.44. The van der Waals surface area contributed by atoms with E-state index < -0.39 is 5.60 Å². The van der Waals surface area contributed by atoms with Crippen molar-refractivity contribution in [3.05, 3.63) is 0 Å². The van der Waals surface area contributed by atoms with Gasteiger partial charge in [-0.05, 0) is 54.8 Å². The first kappa shape index (κ1) is 13.4. The van der Waals surface area contributed by atoms with Gasteiger partial charge in [-0.25, -0.2) is 0 Å². The summed E-state index contributed by atoms with van der Waals surface area (Å²) in [6, 6.07) is 0. The van der Waals surface area contributed by atoms with Crippen LogP contribution in [0.1, 0.15) is 59.3 Å². The molecule has 3 heteroatoms. The van der Waals surface area contributed by atoms with E-state index in [2.05, 4.69) is 13.8 Å². The molecule has 0 radical (unpaired) electrons. The van der Waals surface area contributed by atoms with Crippen molar-refractivity contribution in [3.63, 3.8) is 0 Å². The fourth-order valence-corrected chi connectivity index (χ4v) is 6.61. The number of rotatable bonds is 2. The summed E-state index contributed by atoms with van der Waals surface area (Å²) >= 11 is 0. The molecule has 0 heterocycles. The smallest absolute Gasteiger partial charge is 0.308 e. The van der Waals surface area contributed by atoms with E-state index in [0.717, 1.165) is 32.1 Å².